The highest BCUT2D eigenvalue weighted by Gasteiger charge is 2.33. The molecule has 0 aliphatic carbocycles. The number of amides is 2. The van der Waals surface area contributed by atoms with E-state index in [-0.39, 0.29) is 17.7 Å². The Balaban J connectivity index is 1.96. The largest absolute Gasteiger partial charge is 0.342 e. The highest BCUT2D eigenvalue weighted by Crippen LogP contribution is 2.22. The number of aryl methyl sites for hydroxylation is 2. The molecule has 114 valence electrons. The fraction of sp³-hybridized carbons (Fsp3) is 0.529. The maximum atomic E-state index is 12.3. The van der Waals surface area contributed by atoms with Crippen LogP contribution in [0, 0.1) is 19.8 Å². The third-order valence-electron chi connectivity index (χ3n) is 4.01. The maximum Gasteiger partial charge on any atom is 0.229 e. The van der Waals surface area contributed by atoms with Crippen molar-refractivity contribution < 1.29 is 9.59 Å². The van der Waals surface area contributed by atoms with Gasteiger partial charge in [0.2, 0.25) is 11.8 Å². The topological polar surface area (TPSA) is 49.4 Å². The molecule has 1 aliphatic heterocycles. The number of nitrogens with zero attached hydrogens (tertiary/aromatic N) is 1. The van der Waals surface area contributed by atoms with E-state index in [2.05, 4.69) is 12.2 Å². The molecule has 4 heteroatoms. The van der Waals surface area contributed by atoms with E-state index in [1.807, 2.05) is 36.9 Å². The quantitative estimate of drug-likeness (QED) is 0.905. The second kappa shape index (κ2) is 6.74. The Labute approximate surface area is 126 Å². The Morgan fingerprint density at radius 3 is 2.81 bits per heavy atom. The third-order valence-corrected chi connectivity index (χ3v) is 4.01. The minimum Gasteiger partial charge on any atom is -0.342 e. The third kappa shape index (κ3) is 3.84. The van der Waals surface area contributed by atoms with Crippen LogP contribution in [0.25, 0.3) is 0 Å². The zero-order valence-corrected chi connectivity index (χ0v) is 13.1. The van der Waals surface area contributed by atoms with Gasteiger partial charge in [-0.1, -0.05) is 31.0 Å². The van der Waals surface area contributed by atoms with Crippen molar-refractivity contribution in [3.05, 3.63) is 29.3 Å². The molecule has 21 heavy (non-hydrogen) atoms. The molecule has 4 nitrogen and oxygen atoms in total. The lowest BCUT2D eigenvalue weighted by atomic mass is 10.1. The van der Waals surface area contributed by atoms with Crippen LogP contribution in [0.2, 0.25) is 0 Å². The number of nitrogens with one attached hydrogen (secondary N) is 1. The van der Waals surface area contributed by atoms with E-state index in [0.717, 1.165) is 30.6 Å². The number of unbranched alkanes of at least 4 members (excludes halogenated alkanes) is 1. The van der Waals surface area contributed by atoms with Crippen LogP contribution in [-0.2, 0) is 9.59 Å². The summed E-state index contributed by atoms with van der Waals surface area (Å²) in [5, 5.41) is 2.96. The zero-order valence-electron chi connectivity index (χ0n) is 13.1. The molecule has 2 amide bonds. The SMILES string of the molecule is CCCCN1CC(C(=O)Nc2ccc(C)cc2C)CC1=O. The first-order chi connectivity index (χ1) is 10.0. The summed E-state index contributed by atoms with van der Waals surface area (Å²) in [5.74, 6) is -0.173. The summed E-state index contributed by atoms with van der Waals surface area (Å²) in [6.45, 7) is 7.43. The summed E-state index contributed by atoms with van der Waals surface area (Å²) in [6, 6.07) is 5.95. The number of anilines is 1. The van der Waals surface area contributed by atoms with Crippen LogP contribution in [-0.4, -0.2) is 29.8 Å². The molecule has 1 atom stereocenters. The van der Waals surface area contributed by atoms with Gasteiger partial charge in [0.15, 0.2) is 0 Å². The lowest BCUT2D eigenvalue weighted by Crippen LogP contribution is -2.29. The number of hydrogen-bond donors (Lipinski definition) is 1. The maximum absolute atomic E-state index is 12.3. The molecule has 1 fully saturated rings. The fourth-order valence-electron chi connectivity index (χ4n) is 2.70. The van der Waals surface area contributed by atoms with Crippen LogP contribution in [0.4, 0.5) is 5.69 Å². The van der Waals surface area contributed by atoms with Crippen LogP contribution in [0.5, 0.6) is 0 Å². The van der Waals surface area contributed by atoms with Crippen molar-refractivity contribution in [3.8, 4) is 0 Å². The first-order valence-electron chi connectivity index (χ1n) is 7.67. The van der Waals surface area contributed by atoms with Crippen molar-refractivity contribution in [1.29, 1.82) is 0 Å². The number of hydrogen-bond acceptors (Lipinski definition) is 2. The molecule has 1 aromatic rings. The highest BCUT2D eigenvalue weighted by molar-refractivity contribution is 5.97. The monoisotopic (exact) mass is 288 g/mol. The van der Waals surface area contributed by atoms with Crippen LogP contribution in [0.1, 0.15) is 37.3 Å². The predicted molar refractivity (Wildman–Crippen MR) is 84.1 cm³/mol. The van der Waals surface area contributed by atoms with Crippen LogP contribution >= 0.6 is 0 Å². The highest BCUT2D eigenvalue weighted by atomic mass is 16.2. The van der Waals surface area contributed by atoms with Gasteiger partial charge in [-0.3, -0.25) is 9.59 Å². The summed E-state index contributed by atoms with van der Waals surface area (Å²) >= 11 is 0. The Bertz CT molecular complexity index is 540. The van der Waals surface area contributed by atoms with Gasteiger partial charge in [-0.2, -0.15) is 0 Å². The molecule has 1 N–H and O–H groups in total. The molecule has 2 rings (SSSR count). The second-order valence-corrected chi connectivity index (χ2v) is 5.90. The van der Waals surface area contributed by atoms with Crippen molar-refractivity contribution in [2.24, 2.45) is 5.92 Å². The van der Waals surface area contributed by atoms with Gasteiger partial charge in [0.25, 0.3) is 0 Å². The normalized spacial score (nSPS) is 18.1. The minimum absolute atomic E-state index is 0.0469. The molecule has 0 bridgehead atoms. The average molecular weight is 288 g/mol. The number of likely N-dealkylation sites (tertiary alicyclic amines) is 1. The Kier molecular flexibility index (Phi) is 4.99. The molecule has 1 unspecified atom stereocenters. The number of carbonyl (C=O) groups is 2. The summed E-state index contributed by atoms with van der Waals surface area (Å²) in [7, 11) is 0. The summed E-state index contributed by atoms with van der Waals surface area (Å²) in [4.78, 5) is 26.0. The second-order valence-electron chi connectivity index (χ2n) is 5.90. The molecule has 0 aromatic heterocycles. The summed E-state index contributed by atoms with van der Waals surface area (Å²) in [5.41, 5.74) is 3.06. The van der Waals surface area contributed by atoms with E-state index in [1.165, 1.54) is 5.56 Å². The first kappa shape index (κ1) is 15.5. The van der Waals surface area contributed by atoms with Crippen molar-refractivity contribution in [1.82, 2.24) is 4.90 Å². The lowest BCUT2D eigenvalue weighted by Gasteiger charge is -2.16. The van der Waals surface area contributed by atoms with Crippen molar-refractivity contribution in [2.45, 2.75) is 40.0 Å². The van der Waals surface area contributed by atoms with E-state index < -0.39 is 0 Å². The molecule has 1 aliphatic rings. The van der Waals surface area contributed by atoms with Crippen molar-refractivity contribution >= 4 is 17.5 Å². The van der Waals surface area contributed by atoms with Gasteiger partial charge in [-0.05, 0) is 31.9 Å². The Hall–Kier alpha value is -1.84. The van der Waals surface area contributed by atoms with Gasteiger partial charge < -0.3 is 10.2 Å². The van der Waals surface area contributed by atoms with Crippen molar-refractivity contribution in [3.63, 3.8) is 0 Å². The summed E-state index contributed by atoms with van der Waals surface area (Å²) < 4.78 is 0. The first-order valence-corrected chi connectivity index (χ1v) is 7.67. The molecule has 0 radical (unpaired) electrons. The molecule has 1 saturated heterocycles. The zero-order chi connectivity index (χ0) is 15.4. The molecule has 0 spiro atoms. The van der Waals surface area contributed by atoms with Crippen LogP contribution < -0.4 is 5.32 Å². The van der Waals surface area contributed by atoms with Gasteiger partial charge in [-0.15, -0.1) is 0 Å². The van der Waals surface area contributed by atoms with E-state index in [9.17, 15) is 9.59 Å². The number of carbonyl (C=O) groups excluding carboxylic acids is 2. The van der Waals surface area contributed by atoms with Gasteiger partial charge >= 0.3 is 0 Å². The Morgan fingerprint density at radius 2 is 2.14 bits per heavy atom. The minimum atomic E-state index is -0.227. The molecule has 1 aromatic carbocycles. The lowest BCUT2D eigenvalue weighted by molar-refractivity contribution is -0.128. The average Bonchev–Trinajstić information content (AvgIpc) is 2.81. The fourth-order valence-corrected chi connectivity index (χ4v) is 2.70. The number of benzene rings is 1. The standard InChI is InChI=1S/C17H24N2O2/c1-4-5-8-19-11-14(10-16(19)20)17(21)18-15-7-6-12(2)9-13(15)3/h6-7,9,14H,4-5,8,10-11H2,1-3H3,(H,18,21). The van der Waals surface area contributed by atoms with E-state index in [1.54, 1.807) is 0 Å². The Morgan fingerprint density at radius 1 is 1.38 bits per heavy atom. The molecule has 1 heterocycles. The smallest absolute Gasteiger partial charge is 0.229 e. The predicted octanol–water partition coefficient (Wildman–Crippen LogP) is 2.89. The van der Waals surface area contributed by atoms with Gasteiger partial charge in [-0.25, -0.2) is 0 Å². The molecule has 0 saturated carbocycles. The number of rotatable bonds is 5. The molecular formula is C17H24N2O2. The van der Waals surface area contributed by atoms with E-state index in [0.29, 0.717) is 13.0 Å². The van der Waals surface area contributed by atoms with Gasteiger partial charge in [0.1, 0.15) is 0 Å². The molecular weight excluding hydrogens is 264 g/mol. The summed E-state index contributed by atoms with van der Waals surface area (Å²) in [6.07, 6.45) is 2.39. The van der Waals surface area contributed by atoms with E-state index in [4.69, 9.17) is 0 Å². The van der Waals surface area contributed by atoms with Gasteiger partial charge in [0.05, 0.1) is 5.92 Å². The van der Waals surface area contributed by atoms with Crippen LogP contribution in [0.3, 0.4) is 0 Å². The van der Waals surface area contributed by atoms with Crippen LogP contribution in [0.15, 0.2) is 18.2 Å². The van der Waals surface area contributed by atoms with Gasteiger partial charge in [0, 0.05) is 25.2 Å². The van der Waals surface area contributed by atoms with Crippen molar-refractivity contribution in [2.75, 3.05) is 18.4 Å². The van der Waals surface area contributed by atoms with E-state index >= 15 is 0 Å².